The van der Waals surface area contributed by atoms with E-state index in [9.17, 15) is 0 Å². The molecule has 2 aliphatic rings. The van der Waals surface area contributed by atoms with Gasteiger partial charge in [-0.1, -0.05) is 0 Å². The summed E-state index contributed by atoms with van der Waals surface area (Å²) in [6.45, 7) is 24.0. The first-order valence-corrected chi connectivity index (χ1v) is 37.8. The fourth-order valence-electron chi connectivity index (χ4n) is 6.34. The van der Waals surface area contributed by atoms with Crippen molar-refractivity contribution in [2.75, 3.05) is 0 Å². The summed E-state index contributed by atoms with van der Waals surface area (Å²) >= 11 is 3.28. The molecule has 0 amide bonds. The van der Waals surface area contributed by atoms with E-state index in [4.69, 9.17) is 17.0 Å². The van der Waals surface area contributed by atoms with Gasteiger partial charge in [0.05, 0.1) is 0 Å². The van der Waals surface area contributed by atoms with Gasteiger partial charge in [0.15, 0.2) is 0 Å². The van der Waals surface area contributed by atoms with Crippen molar-refractivity contribution in [2.24, 2.45) is 0 Å². The molecule has 0 heterocycles. The number of halogens is 4. The van der Waals surface area contributed by atoms with Crippen LogP contribution in [0.1, 0.15) is 43.4 Å². The maximum absolute atomic E-state index is 8.37. The van der Waals surface area contributed by atoms with Crippen molar-refractivity contribution >= 4 is 93.5 Å². The van der Waals surface area contributed by atoms with Crippen molar-refractivity contribution < 1.29 is 15.6 Å². The Labute approximate surface area is 246 Å². The standard InChI is InChI=1S/2C13H16BrSi.C2H7Si.2ClH.Zr/c2*1-9-5-10-7-11(15(2,3)4)8-13(14)12(10)6-9;1-3-2;;;/h2*5-8H,1-4H3;3H,1-2H3;2*1H;/q;;;;;+2/p-2. The van der Waals surface area contributed by atoms with Crippen LogP contribution in [0.15, 0.2) is 44.4 Å². The van der Waals surface area contributed by atoms with Gasteiger partial charge in [-0.25, -0.2) is 0 Å². The fraction of sp³-hybridized carbons (Fsp3) is 0.429. The van der Waals surface area contributed by atoms with E-state index in [2.05, 4.69) is 135 Å². The van der Waals surface area contributed by atoms with Crippen LogP contribution in [-0.4, -0.2) is 22.1 Å². The summed E-state index contributed by atoms with van der Waals surface area (Å²) in [6, 6.07) is 9.68. The number of rotatable bonds is 5. The zero-order valence-corrected chi connectivity index (χ0v) is 33.5. The summed E-state index contributed by atoms with van der Waals surface area (Å²) < 4.78 is 2.69. The van der Waals surface area contributed by atoms with E-state index in [0.29, 0.717) is 0 Å². The molecule has 2 aromatic carbocycles. The van der Waals surface area contributed by atoms with Crippen LogP contribution in [0.3, 0.4) is 0 Å². The van der Waals surface area contributed by atoms with Crippen LogP contribution < -0.4 is 10.4 Å². The Morgan fingerprint density at radius 1 is 0.694 bits per heavy atom. The van der Waals surface area contributed by atoms with Crippen molar-refractivity contribution in [3.05, 3.63) is 66.6 Å². The Hall–Kier alpha value is 0.994. The van der Waals surface area contributed by atoms with Crippen molar-refractivity contribution in [3.63, 3.8) is 0 Å². The maximum atomic E-state index is 8.37. The Balaban J connectivity index is 2.04. The third kappa shape index (κ3) is 4.68. The fourth-order valence-corrected chi connectivity index (χ4v) is 43.1. The molecule has 4 rings (SSSR count). The Kier molecular flexibility index (Phi) is 7.94. The molecule has 2 atom stereocenters. The number of allylic oxidation sites excluding steroid dienone is 2. The van der Waals surface area contributed by atoms with E-state index < -0.39 is 37.6 Å². The predicted octanol–water partition coefficient (Wildman–Crippen LogP) is 9.90. The van der Waals surface area contributed by atoms with Crippen molar-refractivity contribution in [2.45, 2.75) is 73.5 Å². The van der Waals surface area contributed by atoms with E-state index in [1.54, 1.807) is 0 Å². The van der Waals surface area contributed by atoms with Gasteiger partial charge >= 0.3 is 249 Å². The van der Waals surface area contributed by atoms with Gasteiger partial charge in [-0.3, -0.25) is 0 Å². The zero-order chi connectivity index (χ0) is 27.2. The second-order valence-corrected chi connectivity index (χ2v) is 67.8. The first-order chi connectivity index (χ1) is 16.3. The van der Waals surface area contributed by atoms with Crippen molar-refractivity contribution in [1.82, 2.24) is 0 Å². The third-order valence-electron chi connectivity index (χ3n) is 8.54. The van der Waals surface area contributed by atoms with Crippen LogP contribution in [0.2, 0.25) is 52.4 Å². The average molecular weight is 782 g/mol. The molecular weight excluding hydrogens is 743 g/mol. The molecular formula is C28H39Br2Cl2Si3Zr. The number of fused-ring (bicyclic) bond motifs is 2. The summed E-state index contributed by atoms with van der Waals surface area (Å²) in [7, 11) is 13.7. The van der Waals surface area contributed by atoms with Crippen LogP contribution in [0, 0.1) is 0 Å². The molecule has 0 radical (unpaired) electrons. The third-order valence-corrected chi connectivity index (χ3v) is 66.2. The second kappa shape index (κ2) is 9.53. The molecule has 36 heavy (non-hydrogen) atoms. The Morgan fingerprint density at radius 2 is 1.03 bits per heavy atom. The van der Waals surface area contributed by atoms with Gasteiger partial charge in [-0.05, 0) is 0 Å². The molecule has 2 aliphatic carbocycles. The molecule has 0 spiro atoms. The first kappa shape index (κ1) is 30.0. The molecule has 0 fully saturated rings. The van der Waals surface area contributed by atoms with Crippen LogP contribution in [0.4, 0.5) is 0 Å². The summed E-state index contributed by atoms with van der Waals surface area (Å²) in [4.78, 5) is 0. The molecule has 2 unspecified atom stereocenters. The molecule has 0 nitrogen and oxygen atoms in total. The topological polar surface area (TPSA) is 0 Å². The molecule has 0 bridgehead atoms. The van der Waals surface area contributed by atoms with Crippen LogP contribution in [0.25, 0.3) is 12.2 Å². The number of hydrogen-bond acceptors (Lipinski definition) is 0. The van der Waals surface area contributed by atoms with E-state index >= 15 is 0 Å². The molecule has 2 aromatic rings. The summed E-state index contributed by atoms with van der Waals surface area (Å²) in [5, 5.41) is 2.94. The molecule has 0 aliphatic heterocycles. The SMILES string of the molecule is CC1=Cc2c(Br)cc([Si](C)(C)C)cc2[CH]1[Zr]([Cl])([Cl])([CH]1C(C)=Cc2c(Br)cc([Si](C)(C)C)cc21)[SiH](C)C. The molecule has 0 aromatic heterocycles. The van der Waals surface area contributed by atoms with Gasteiger partial charge in [0.2, 0.25) is 0 Å². The molecule has 8 heteroatoms. The van der Waals surface area contributed by atoms with E-state index in [1.807, 2.05) is 0 Å². The minimum atomic E-state index is -4.61. The van der Waals surface area contributed by atoms with Gasteiger partial charge in [-0.15, -0.1) is 0 Å². The zero-order valence-electron chi connectivity index (χ0n) is 23.2. The van der Waals surface area contributed by atoms with Gasteiger partial charge in [0.1, 0.15) is 0 Å². The van der Waals surface area contributed by atoms with Crippen molar-refractivity contribution in [3.8, 4) is 0 Å². The summed E-state index contributed by atoms with van der Waals surface area (Å²) in [6.07, 6.45) is 4.74. The van der Waals surface area contributed by atoms with Crippen LogP contribution >= 0.6 is 48.9 Å². The van der Waals surface area contributed by atoms with Crippen LogP contribution in [-0.2, 0) is 15.6 Å². The molecule has 0 saturated heterocycles. The minimum absolute atomic E-state index is 0.151. The molecule has 0 N–H and O–H groups in total. The van der Waals surface area contributed by atoms with Crippen LogP contribution in [0.5, 0.6) is 0 Å². The van der Waals surface area contributed by atoms with Gasteiger partial charge in [-0.2, -0.15) is 0 Å². The Morgan fingerprint density at radius 3 is 1.31 bits per heavy atom. The normalized spacial score (nSPS) is 21.1. The second-order valence-electron chi connectivity index (χ2n) is 13.4. The van der Waals surface area contributed by atoms with Gasteiger partial charge in [0, 0.05) is 0 Å². The van der Waals surface area contributed by atoms with E-state index in [-0.39, 0.29) is 7.25 Å². The molecule has 195 valence electrons. The quantitative estimate of drug-likeness (QED) is 0.265. The average Bonchev–Trinajstić information content (AvgIpc) is 3.24. The summed E-state index contributed by atoms with van der Waals surface area (Å²) in [5.41, 5.74) is 8.09. The monoisotopic (exact) mass is 777 g/mol. The summed E-state index contributed by atoms with van der Waals surface area (Å²) in [5.74, 6) is -1.51. The predicted molar refractivity (Wildman–Crippen MR) is 178 cm³/mol. The molecule has 0 saturated carbocycles. The Bertz CT molecular complexity index is 1240. The number of benzene rings is 2. The van der Waals surface area contributed by atoms with Crippen molar-refractivity contribution in [1.29, 1.82) is 0 Å². The first-order valence-electron chi connectivity index (χ1n) is 12.9. The van der Waals surface area contributed by atoms with E-state index in [0.717, 1.165) is 0 Å². The van der Waals surface area contributed by atoms with E-state index in [1.165, 1.54) is 52.7 Å². The van der Waals surface area contributed by atoms with Gasteiger partial charge < -0.3 is 0 Å². The van der Waals surface area contributed by atoms with Gasteiger partial charge in [0.25, 0.3) is 0 Å². The number of hydrogen-bond donors (Lipinski definition) is 0.